The van der Waals surface area contributed by atoms with Gasteiger partial charge in [-0.05, 0) is 29.6 Å². The highest BCUT2D eigenvalue weighted by molar-refractivity contribution is 7.12. The molecule has 2 aromatic rings. The minimum atomic E-state index is -0.645. The van der Waals surface area contributed by atoms with Crippen LogP contribution in [0, 0.1) is 17.1 Å². The van der Waals surface area contributed by atoms with Crippen LogP contribution < -0.4 is 4.74 Å². The summed E-state index contributed by atoms with van der Waals surface area (Å²) in [5, 5.41) is 10.4. The number of halogens is 1. The molecule has 18 heavy (non-hydrogen) atoms. The van der Waals surface area contributed by atoms with E-state index in [1.165, 1.54) is 23.5 Å². The second kappa shape index (κ2) is 5.43. The molecule has 0 fully saturated rings. The maximum absolute atomic E-state index is 13.4. The van der Waals surface area contributed by atoms with Gasteiger partial charge in [-0.25, -0.2) is 4.39 Å². The van der Waals surface area contributed by atoms with E-state index in [-0.39, 0.29) is 23.7 Å². The van der Waals surface area contributed by atoms with Crippen molar-refractivity contribution in [3.05, 3.63) is 52.0 Å². The molecule has 0 N–H and O–H groups in total. The van der Waals surface area contributed by atoms with Gasteiger partial charge in [-0.3, -0.25) is 4.79 Å². The third-order valence-corrected chi connectivity index (χ3v) is 3.13. The molecule has 0 aliphatic rings. The van der Waals surface area contributed by atoms with Gasteiger partial charge >= 0.3 is 0 Å². The van der Waals surface area contributed by atoms with Gasteiger partial charge in [0.15, 0.2) is 18.2 Å². The van der Waals surface area contributed by atoms with Gasteiger partial charge in [0.05, 0.1) is 16.5 Å². The highest BCUT2D eigenvalue weighted by Crippen LogP contribution is 2.18. The van der Waals surface area contributed by atoms with Crippen molar-refractivity contribution in [2.24, 2.45) is 0 Å². The first-order chi connectivity index (χ1) is 8.70. The van der Waals surface area contributed by atoms with Crippen molar-refractivity contribution >= 4 is 17.1 Å². The Labute approximate surface area is 107 Å². The van der Waals surface area contributed by atoms with Gasteiger partial charge < -0.3 is 4.74 Å². The van der Waals surface area contributed by atoms with E-state index in [0.717, 1.165) is 6.07 Å². The Morgan fingerprint density at radius 2 is 2.28 bits per heavy atom. The minimum absolute atomic E-state index is 0.0288. The van der Waals surface area contributed by atoms with Crippen LogP contribution in [0.1, 0.15) is 15.2 Å². The topological polar surface area (TPSA) is 50.1 Å². The molecule has 1 aromatic carbocycles. The fourth-order valence-electron chi connectivity index (χ4n) is 1.34. The lowest BCUT2D eigenvalue weighted by Crippen LogP contribution is -2.10. The summed E-state index contributed by atoms with van der Waals surface area (Å²) < 4.78 is 18.5. The number of ketones is 1. The number of hydrogen-bond acceptors (Lipinski definition) is 4. The molecule has 90 valence electrons. The Morgan fingerprint density at radius 3 is 2.89 bits per heavy atom. The third kappa shape index (κ3) is 2.73. The van der Waals surface area contributed by atoms with E-state index in [1.807, 2.05) is 6.07 Å². The van der Waals surface area contributed by atoms with E-state index >= 15 is 0 Å². The maximum Gasteiger partial charge on any atom is 0.210 e. The number of Topliss-reactive ketones (excluding diaryl/α,β-unsaturated/α-hetero) is 1. The Morgan fingerprint density at radius 1 is 1.44 bits per heavy atom. The molecule has 0 saturated heterocycles. The van der Waals surface area contributed by atoms with E-state index < -0.39 is 5.82 Å². The van der Waals surface area contributed by atoms with Crippen molar-refractivity contribution in [2.75, 3.05) is 6.61 Å². The lowest BCUT2D eigenvalue weighted by atomic mass is 10.2. The number of carbonyl (C=O) groups is 1. The third-order valence-electron chi connectivity index (χ3n) is 2.22. The van der Waals surface area contributed by atoms with Crippen LogP contribution in [0.3, 0.4) is 0 Å². The average molecular weight is 261 g/mol. The summed E-state index contributed by atoms with van der Waals surface area (Å²) >= 11 is 1.31. The molecule has 3 nitrogen and oxygen atoms in total. The van der Waals surface area contributed by atoms with Gasteiger partial charge in [-0.15, -0.1) is 11.3 Å². The molecule has 0 bridgehead atoms. The number of benzene rings is 1. The highest BCUT2D eigenvalue weighted by Gasteiger charge is 2.10. The summed E-state index contributed by atoms with van der Waals surface area (Å²) in [6.45, 7) is -0.219. The maximum atomic E-state index is 13.4. The number of carbonyl (C=O) groups excluding carboxylic acids is 1. The molecule has 0 aliphatic heterocycles. The van der Waals surface area contributed by atoms with Crippen molar-refractivity contribution in [1.82, 2.24) is 0 Å². The average Bonchev–Trinajstić information content (AvgIpc) is 2.90. The van der Waals surface area contributed by atoms with E-state index in [2.05, 4.69) is 0 Å². The molecule has 0 radical (unpaired) electrons. The number of hydrogen-bond donors (Lipinski definition) is 0. The quantitative estimate of drug-likeness (QED) is 0.795. The van der Waals surface area contributed by atoms with Crippen molar-refractivity contribution in [3.8, 4) is 11.8 Å². The van der Waals surface area contributed by atoms with Gasteiger partial charge in [-0.1, -0.05) is 6.07 Å². The predicted molar refractivity (Wildman–Crippen MR) is 65.3 cm³/mol. The molecule has 2 rings (SSSR count). The zero-order valence-electron chi connectivity index (χ0n) is 9.22. The van der Waals surface area contributed by atoms with Crippen LogP contribution in [0.5, 0.6) is 5.75 Å². The molecular weight excluding hydrogens is 253 g/mol. The second-order valence-electron chi connectivity index (χ2n) is 3.45. The zero-order chi connectivity index (χ0) is 13.0. The molecule has 1 heterocycles. The van der Waals surface area contributed by atoms with Gasteiger partial charge in [0, 0.05) is 0 Å². The van der Waals surface area contributed by atoms with E-state index in [1.54, 1.807) is 17.5 Å². The molecular formula is C13H8FNO2S. The van der Waals surface area contributed by atoms with Crippen LogP contribution in [0.15, 0.2) is 35.7 Å². The van der Waals surface area contributed by atoms with Crippen molar-refractivity contribution in [3.63, 3.8) is 0 Å². The fraction of sp³-hybridized carbons (Fsp3) is 0.0769. The van der Waals surface area contributed by atoms with Gasteiger partial charge in [0.25, 0.3) is 0 Å². The molecule has 0 amide bonds. The lowest BCUT2D eigenvalue weighted by molar-refractivity contribution is 0.0923. The summed E-state index contributed by atoms with van der Waals surface area (Å²) in [6.07, 6.45) is 0. The van der Waals surface area contributed by atoms with Gasteiger partial charge in [0.1, 0.15) is 0 Å². The largest absolute Gasteiger partial charge is 0.482 e. The van der Waals surface area contributed by atoms with Crippen LogP contribution in [0.25, 0.3) is 0 Å². The first-order valence-electron chi connectivity index (χ1n) is 5.10. The first kappa shape index (κ1) is 12.3. The summed E-state index contributed by atoms with van der Waals surface area (Å²) in [5.41, 5.74) is 0.212. The van der Waals surface area contributed by atoms with Gasteiger partial charge in [-0.2, -0.15) is 5.26 Å². The Kier molecular flexibility index (Phi) is 3.70. The van der Waals surface area contributed by atoms with Crippen LogP contribution in [-0.2, 0) is 0 Å². The van der Waals surface area contributed by atoms with Crippen molar-refractivity contribution in [1.29, 1.82) is 5.26 Å². The number of ether oxygens (including phenoxy) is 1. The van der Waals surface area contributed by atoms with E-state index in [4.69, 9.17) is 10.00 Å². The molecule has 0 unspecified atom stereocenters. The van der Waals surface area contributed by atoms with Crippen molar-refractivity contribution < 1.29 is 13.9 Å². The molecule has 1 aromatic heterocycles. The fourth-order valence-corrected chi connectivity index (χ4v) is 1.99. The highest BCUT2D eigenvalue weighted by atomic mass is 32.1. The summed E-state index contributed by atoms with van der Waals surface area (Å²) in [7, 11) is 0. The standard InChI is InChI=1S/C13H8FNO2S/c14-10-6-9(7-15)3-4-12(10)17-8-11(16)13-2-1-5-18-13/h1-6H,8H2. The summed E-state index contributed by atoms with van der Waals surface area (Å²) in [4.78, 5) is 12.2. The number of nitriles is 1. The molecule has 0 atom stereocenters. The minimum Gasteiger partial charge on any atom is -0.482 e. The number of thiophene rings is 1. The summed E-state index contributed by atoms with van der Waals surface area (Å²) in [5.74, 6) is -0.874. The van der Waals surface area contributed by atoms with Crippen LogP contribution in [-0.4, -0.2) is 12.4 Å². The monoisotopic (exact) mass is 261 g/mol. The second-order valence-corrected chi connectivity index (χ2v) is 4.39. The van der Waals surface area contributed by atoms with Crippen molar-refractivity contribution in [2.45, 2.75) is 0 Å². The molecule has 0 saturated carbocycles. The lowest BCUT2D eigenvalue weighted by Gasteiger charge is -2.05. The smallest absolute Gasteiger partial charge is 0.210 e. The van der Waals surface area contributed by atoms with Crippen LogP contribution >= 0.6 is 11.3 Å². The number of nitrogens with zero attached hydrogens (tertiary/aromatic N) is 1. The van der Waals surface area contributed by atoms with E-state index in [0.29, 0.717) is 4.88 Å². The molecule has 5 heteroatoms. The Balaban J connectivity index is 2.03. The van der Waals surface area contributed by atoms with Crippen LogP contribution in [0.2, 0.25) is 0 Å². The number of rotatable bonds is 4. The van der Waals surface area contributed by atoms with E-state index in [9.17, 15) is 9.18 Å². The zero-order valence-corrected chi connectivity index (χ0v) is 10.0. The SMILES string of the molecule is N#Cc1ccc(OCC(=O)c2cccs2)c(F)c1. The molecule has 0 aliphatic carbocycles. The molecule has 0 spiro atoms. The van der Waals surface area contributed by atoms with Gasteiger partial charge in [0.2, 0.25) is 5.78 Å². The Bertz CT molecular complexity index is 602. The Hall–Kier alpha value is -2.19. The van der Waals surface area contributed by atoms with Crippen LogP contribution in [0.4, 0.5) is 4.39 Å². The summed E-state index contributed by atoms with van der Waals surface area (Å²) in [6, 6.07) is 9.13. The first-order valence-corrected chi connectivity index (χ1v) is 5.98. The predicted octanol–water partition coefficient (Wildman–Crippen LogP) is 3.02. The normalized spacial score (nSPS) is 9.78.